The lowest BCUT2D eigenvalue weighted by Crippen LogP contribution is -2.20. The van der Waals surface area contributed by atoms with Crippen LogP contribution in [-0.2, 0) is 26.3 Å². The molecule has 2 heterocycles. The summed E-state index contributed by atoms with van der Waals surface area (Å²) in [5.74, 6) is -0.270. The molecule has 0 spiro atoms. The lowest BCUT2D eigenvalue weighted by atomic mass is 10.1. The summed E-state index contributed by atoms with van der Waals surface area (Å²) in [6.07, 6.45) is 3.46. The van der Waals surface area contributed by atoms with Crippen molar-refractivity contribution in [2.45, 2.75) is 40.2 Å². The summed E-state index contributed by atoms with van der Waals surface area (Å²) >= 11 is 0. The number of primary amides is 2. The Labute approximate surface area is 343 Å². The fraction of sp³-hybridized carbons (Fsp3) is 0.214. The van der Waals surface area contributed by atoms with E-state index in [9.17, 15) is 24.5 Å². The highest BCUT2D eigenvalue weighted by Crippen LogP contribution is 2.37. The Morgan fingerprint density at radius 2 is 1.42 bits per heavy atom. The Hall–Kier alpha value is -7.89. The van der Waals surface area contributed by atoms with Crippen molar-refractivity contribution in [3.05, 3.63) is 135 Å². The Morgan fingerprint density at radius 3 is 1.98 bits per heavy atom. The number of anilines is 2. The van der Waals surface area contributed by atoms with Gasteiger partial charge in [0.05, 0.1) is 30.4 Å². The highest BCUT2D eigenvalue weighted by atomic mass is 16.6. The third-order valence-corrected chi connectivity index (χ3v) is 9.27. The molecule has 18 heteroatoms. The highest BCUT2D eigenvalue weighted by molar-refractivity contribution is 6.04. The van der Waals surface area contributed by atoms with Crippen LogP contribution in [-0.4, -0.2) is 62.7 Å². The van der Waals surface area contributed by atoms with E-state index in [0.717, 1.165) is 17.2 Å². The van der Waals surface area contributed by atoms with Gasteiger partial charge in [0.15, 0.2) is 11.4 Å². The van der Waals surface area contributed by atoms with Crippen LogP contribution >= 0.6 is 0 Å². The Balaban J connectivity index is 1.32. The van der Waals surface area contributed by atoms with Crippen molar-refractivity contribution in [2.24, 2.45) is 11.5 Å². The van der Waals surface area contributed by atoms with Gasteiger partial charge in [-0.3, -0.25) is 34.5 Å². The summed E-state index contributed by atoms with van der Waals surface area (Å²) in [5.41, 5.74) is 14.2. The van der Waals surface area contributed by atoms with E-state index < -0.39 is 28.3 Å². The summed E-state index contributed by atoms with van der Waals surface area (Å²) in [5, 5.41) is 22.6. The number of nitro groups is 1. The van der Waals surface area contributed by atoms with Gasteiger partial charge in [0, 0.05) is 36.8 Å². The second-order valence-electron chi connectivity index (χ2n) is 13.3. The van der Waals surface area contributed by atoms with Crippen LogP contribution in [0, 0.1) is 17.0 Å². The number of allylic oxidation sites excluding steroid dienone is 1. The van der Waals surface area contributed by atoms with E-state index >= 15 is 0 Å². The summed E-state index contributed by atoms with van der Waals surface area (Å²) in [7, 11) is 3.12. The largest absolute Gasteiger partial charge is 0.497 e. The molecule has 0 saturated heterocycles. The third kappa shape index (κ3) is 9.62. The minimum Gasteiger partial charge on any atom is -0.497 e. The van der Waals surface area contributed by atoms with Gasteiger partial charge in [-0.2, -0.15) is 5.10 Å². The van der Waals surface area contributed by atoms with Gasteiger partial charge in [0.1, 0.15) is 41.7 Å². The first kappa shape index (κ1) is 41.7. The number of benzene rings is 4. The number of nitrogens with zero attached hydrogens (tertiary/aromatic N) is 5. The van der Waals surface area contributed by atoms with E-state index in [1.165, 1.54) is 18.2 Å². The van der Waals surface area contributed by atoms with Crippen molar-refractivity contribution in [3.8, 4) is 23.0 Å². The quantitative estimate of drug-likeness (QED) is 0.0433. The number of aromatic nitrogens is 4. The van der Waals surface area contributed by atoms with Gasteiger partial charge in [-0.25, -0.2) is 4.98 Å². The molecular formula is C42H43N9O9. The fourth-order valence-corrected chi connectivity index (χ4v) is 6.26. The van der Waals surface area contributed by atoms with Crippen LogP contribution in [0.2, 0.25) is 0 Å². The van der Waals surface area contributed by atoms with E-state index in [1.807, 2.05) is 19.1 Å². The minimum atomic E-state index is -0.862. The molecule has 0 radical (unpaired) electrons. The molecule has 18 nitrogen and oxygen atoms in total. The number of nitro benzene ring substituents is 1. The number of amides is 3. The van der Waals surface area contributed by atoms with Crippen LogP contribution in [0.15, 0.2) is 91.0 Å². The Morgan fingerprint density at radius 1 is 0.833 bits per heavy atom. The molecule has 6 N–H and O–H groups in total. The van der Waals surface area contributed by atoms with Crippen LogP contribution in [0.1, 0.15) is 54.9 Å². The number of nitrogens with two attached hydrogens (primary N) is 2. The third-order valence-electron chi connectivity index (χ3n) is 9.27. The van der Waals surface area contributed by atoms with E-state index in [4.69, 9.17) is 35.4 Å². The number of imidazole rings is 1. The second kappa shape index (κ2) is 18.6. The zero-order valence-corrected chi connectivity index (χ0v) is 33.3. The lowest BCUT2D eigenvalue weighted by molar-refractivity contribution is -0.384. The van der Waals surface area contributed by atoms with Crippen LogP contribution in [0.4, 0.5) is 17.3 Å². The molecular weight excluding hydrogens is 775 g/mol. The molecule has 60 heavy (non-hydrogen) atoms. The zero-order valence-electron chi connectivity index (χ0n) is 33.3. The molecule has 0 saturated carbocycles. The molecule has 0 aliphatic carbocycles. The van der Waals surface area contributed by atoms with E-state index in [1.54, 1.807) is 85.0 Å². The topological polar surface area (TPSA) is 243 Å². The highest BCUT2D eigenvalue weighted by Gasteiger charge is 2.24. The number of aryl methyl sites for hydroxylation is 2. The maximum atomic E-state index is 13.7. The second-order valence-corrected chi connectivity index (χ2v) is 13.3. The SMILES string of the molecule is CCn1nc(C)cc1C(=O)Nc1nc2cc(C(N)=O)cc(OCc3ccc(OC)cc3)c2n1C/C=C/CNc1c(OCc2ccc(OC)cc2)cc(C(N)=O)cc1[N+](=O)[O-]. The molecule has 3 amide bonds. The predicted molar refractivity (Wildman–Crippen MR) is 223 cm³/mol. The summed E-state index contributed by atoms with van der Waals surface area (Å²) < 4.78 is 26.0. The first-order valence-electron chi connectivity index (χ1n) is 18.6. The van der Waals surface area contributed by atoms with Crippen molar-refractivity contribution < 1.29 is 38.3 Å². The van der Waals surface area contributed by atoms with Crippen LogP contribution in [0.25, 0.3) is 11.0 Å². The van der Waals surface area contributed by atoms with Crippen LogP contribution < -0.4 is 41.0 Å². The van der Waals surface area contributed by atoms with Gasteiger partial charge < -0.3 is 40.3 Å². The first-order valence-corrected chi connectivity index (χ1v) is 18.6. The Kier molecular flexibility index (Phi) is 12.9. The van der Waals surface area contributed by atoms with Crippen molar-refractivity contribution in [3.63, 3.8) is 0 Å². The summed E-state index contributed by atoms with van der Waals surface area (Å²) in [4.78, 5) is 54.6. The molecule has 2 aromatic heterocycles. The summed E-state index contributed by atoms with van der Waals surface area (Å²) in [6.45, 7) is 4.40. The lowest BCUT2D eigenvalue weighted by Gasteiger charge is -2.15. The van der Waals surface area contributed by atoms with Gasteiger partial charge >= 0.3 is 0 Å². The average molecular weight is 818 g/mol. The van der Waals surface area contributed by atoms with E-state index in [0.29, 0.717) is 40.5 Å². The number of fused-ring (bicyclic) bond motifs is 1. The Bertz CT molecular complexity index is 2580. The van der Waals surface area contributed by atoms with E-state index in [-0.39, 0.29) is 60.6 Å². The van der Waals surface area contributed by atoms with Crippen molar-refractivity contribution in [2.75, 3.05) is 31.4 Å². The van der Waals surface area contributed by atoms with Crippen LogP contribution in [0.3, 0.4) is 0 Å². The van der Waals surface area contributed by atoms with Gasteiger partial charge in [0.25, 0.3) is 11.6 Å². The number of carbonyl (C=O) groups excluding carboxylic acids is 3. The van der Waals surface area contributed by atoms with Crippen molar-refractivity contribution >= 4 is 46.1 Å². The van der Waals surface area contributed by atoms with Gasteiger partial charge in [-0.1, -0.05) is 36.4 Å². The van der Waals surface area contributed by atoms with Gasteiger partial charge in [-0.05, 0) is 73.5 Å². The number of hydrogen-bond donors (Lipinski definition) is 4. The minimum absolute atomic E-state index is 0.0229. The molecule has 0 unspecified atom stereocenters. The maximum absolute atomic E-state index is 13.7. The molecule has 4 aromatic carbocycles. The predicted octanol–water partition coefficient (Wildman–Crippen LogP) is 5.76. The number of carbonyl (C=O) groups is 3. The maximum Gasteiger partial charge on any atom is 0.296 e. The molecule has 0 aliphatic rings. The number of nitrogens with one attached hydrogen (secondary N) is 2. The first-order chi connectivity index (χ1) is 28.9. The fourth-order valence-electron chi connectivity index (χ4n) is 6.26. The number of methoxy groups -OCH3 is 2. The molecule has 0 fully saturated rings. The molecule has 0 bridgehead atoms. The number of hydrogen-bond acceptors (Lipinski definition) is 12. The average Bonchev–Trinajstić information content (AvgIpc) is 3.81. The van der Waals surface area contributed by atoms with Crippen molar-refractivity contribution in [1.82, 2.24) is 19.3 Å². The standard InChI is InChI=1S/C42H43N9O9/c1-5-50-34(18-25(2)48-50)41(54)47-42-46-32-19-28(39(43)52)22-36(60-24-27-10-14-31(58-4)15-11-27)38(32)49(42)17-7-6-16-45-37-33(51(55)56)20-29(40(44)53)21-35(37)59-23-26-8-12-30(57-3)13-9-26/h6-15,18-22,45H,5,16-17,23-24H2,1-4H3,(H2,43,52)(H2,44,53)(H,46,47,54)/b7-6+. The molecule has 310 valence electrons. The summed E-state index contributed by atoms with van der Waals surface area (Å²) in [6, 6.07) is 21.4. The van der Waals surface area contributed by atoms with Gasteiger partial charge in [0.2, 0.25) is 17.8 Å². The van der Waals surface area contributed by atoms with E-state index in [2.05, 4.69) is 15.7 Å². The molecule has 6 aromatic rings. The van der Waals surface area contributed by atoms with Crippen LogP contribution in [0.5, 0.6) is 23.0 Å². The zero-order chi connectivity index (χ0) is 42.9. The van der Waals surface area contributed by atoms with Gasteiger partial charge in [-0.15, -0.1) is 0 Å². The molecule has 0 aliphatic heterocycles. The number of rotatable bonds is 19. The number of ether oxygens (including phenoxy) is 4. The van der Waals surface area contributed by atoms with Crippen molar-refractivity contribution in [1.29, 1.82) is 0 Å². The smallest absolute Gasteiger partial charge is 0.296 e. The molecule has 0 atom stereocenters. The normalized spacial score (nSPS) is 11.1. The monoisotopic (exact) mass is 817 g/mol. The molecule has 6 rings (SSSR count).